The number of hydrogen-bond donors (Lipinski definition) is 0. The van der Waals surface area contributed by atoms with Crippen LogP contribution in [-0.2, 0) is 4.74 Å². The molecule has 1 aromatic heterocycles. The van der Waals surface area contributed by atoms with Gasteiger partial charge in [-0.3, -0.25) is 9.69 Å². The number of likely N-dealkylation sites (tertiary alicyclic amines) is 2. The summed E-state index contributed by atoms with van der Waals surface area (Å²) in [5.41, 5.74) is 0.328. The lowest BCUT2D eigenvalue weighted by molar-refractivity contribution is -0.0149. The number of pyridine rings is 1. The smallest absolute Gasteiger partial charge is 0.262 e. The van der Waals surface area contributed by atoms with Gasteiger partial charge < -0.3 is 19.1 Å². The average molecular weight is 385 g/mol. The van der Waals surface area contributed by atoms with Crippen molar-refractivity contribution in [3.63, 3.8) is 0 Å². The third kappa shape index (κ3) is 4.14. The molecule has 0 aliphatic carbocycles. The number of carbonyl (C=O) groups is 1. The Morgan fingerprint density at radius 2 is 2.04 bits per heavy atom. The van der Waals surface area contributed by atoms with Crippen LogP contribution in [0.3, 0.4) is 0 Å². The van der Waals surface area contributed by atoms with Crippen molar-refractivity contribution in [1.82, 2.24) is 14.8 Å². The molecule has 2 fully saturated rings. The van der Waals surface area contributed by atoms with Gasteiger partial charge in [0.1, 0.15) is 5.56 Å². The normalized spacial score (nSPS) is 22.6. The van der Waals surface area contributed by atoms with Gasteiger partial charge in [-0.05, 0) is 13.0 Å². The molecular formula is C18H25F2N3O4. The van der Waals surface area contributed by atoms with Crippen molar-refractivity contribution in [3.05, 3.63) is 17.7 Å². The lowest BCUT2D eigenvalue weighted by Gasteiger charge is -2.45. The minimum atomic E-state index is -2.71. The summed E-state index contributed by atoms with van der Waals surface area (Å²) in [4.78, 5) is 20.2. The zero-order valence-corrected chi connectivity index (χ0v) is 15.8. The van der Waals surface area contributed by atoms with Gasteiger partial charge in [0.05, 0.1) is 27.4 Å². The molecule has 1 aromatic rings. The van der Waals surface area contributed by atoms with Crippen LogP contribution in [0.5, 0.6) is 11.8 Å². The number of aromatic nitrogens is 1. The van der Waals surface area contributed by atoms with Crippen LogP contribution in [0.15, 0.2) is 12.1 Å². The highest BCUT2D eigenvalue weighted by atomic mass is 19.3. The van der Waals surface area contributed by atoms with Crippen molar-refractivity contribution in [1.29, 1.82) is 0 Å². The highest BCUT2D eigenvalue weighted by Crippen LogP contribution is 2.36. The van der Waals surface area contributed by atoms with Crippen LogP contribution in [0.4, 0.5) is 8.78 Å². The second kappa shape index (κ2) is 7.93. The van der Waals surface area contributed by atoms with Crippen LogP contribution in [0, 0.1) is 0 Å². The molecular weight excluding hydrogens is 360 g/mol. The number of hydrogen-bond acceptors (Lipinski definition) is 6. The Morgan fingerprint density at radius 1 is 1.30 bits per heavy atom. The lowest BCUT2D eigenvalue weighted by atomic mass is 10.0. The van der Waals surface area contributed by atoms with Gasteiger partial charge in [-0.15, -0.1) is 0 Å². The van der Waals surface area contributed by atoms with Gasteiger partial charge in [0, 0.05) is 44.3 Å². The molecule has 0 N–H and O–H groups in total. The summed E-state index contributed by atoms with van der Waals surface area (Å²) >= 11 is 0. The SMILES string of the molecule is CCOC[C@@H]1CC(F)(F)CN1C1CN(C(=O)c2ccc(OC)nc2OC)C1. The van der Waals surface area contributed by atoms with Crippen molar-refractivity contribution in [2.75, 3.05) is 47.1 Å². The van der Waals surface area contributed by atoms with Crippen LogP contribution in [0.25, 0.3) is 0 Å². The Labute approximate surface area is 157 Å². The van der Waals surface area contributed by atoms with Crippen LogP contribution in [0.2, 0.25) is 0 Å². The lowest BCUT2D eigenvalue weighted by Crippen LogP contribution is -2.62. The van der Waals surface area contributed by atoms with Crippen molar-refractivity contribution in [2.24, 2.45) is 0 Å². The molecule has 0 saturated carbocycles. The van der Waals surface area contributed by atoms with Gasteiger partial charge >= 0.3 is 0 Å². The van der Waals surface area contributed by atoms with Crippen LogP contribution < -0.4 is 9.47 Å². The molecule has 0 spiro atoms. The zero-order valence-electron chi connectivity index (χ0n) is 15.8. The second-order valence-corrected chi connectivity index (χ2v) is 6.82. The largest absolute Gasteiger partial charge is 0.481 e. The number of carbonyl (C=O) groups excluding carboxylic acids is 1. The summed E-state index contributed by atoms with van der Waals surface area (Å²) in [5.74, 6) is -2.41. The first-order valence-corrected chi connectivity index (χ1v) is 8.98. The zero-order chi connectivity index (χ0) is 19.6. The Kier molecular flexibility index (Phi) is 5.81. The number of halogens is 2. The molecule has 150 valence electrons. The topological polar surface area (TPSA) is 64.1 Å². The molecule has 0 aromatic carbocycles. The molecule has 27 heavy (non-hydrogen) atoms. The number of ether oxygens (including phenoxy) is 3. The molecule has 1 atom stereocenters. The molecule has 0 unspecified atom stereocenters. The Bertz CT molecular complexity index is 683. The van der Waals surface area contributed by atoms with Crippen LogP contribution in [0.1, 0.15) is 23.7 Å². The first-order chi connectivity index (χ1) is 12.9. The van der Waals surface area contributed by atoms with E-state index in [1.54, 1.807) is 21.9 Å². The fourth-order valence-corrected chi connectivity index (χ4v) is 3.62. The molecule has 2 aliphatic heterocycles. The molecule has 2 aliphatic rings. The van der Waals surface area contributed by atoms with Crippen molar-refractivity contribution < 1.29 is 27.8 Å². The summed E-state index contributed by atoms with van der Waals surface area (Å²) in [6.07, 6.45) is -0.201. The minimum absolute atomic E-state index is 0.0926. The number of alkyl halides is 2. The molecule has 2 saturated heterocycles. The Morgan fingerprint density at radius 3 is 2.67 bits per heavy atom. The maximum absolute atomic E-state index is 13.9. The number of nitrogens with zero attached hydrogens (tertiary/aromatic N) is 3. The van der Waals surface area contributed by atoms with E-state index in [1.807, 2.05) is 6.92 Å². The highest BCUT2D eigenvalue weighted by molar-refractivity contribution is 5.97. The average Bonchev–Trinajstić information content (AvgIpc) is 2.92. The summed E-state index contributed by atoms with van der Waals surface area (Å²) < 4.78 is 43.3. The molecule has 3 heterocycles. The third-order valence-electron chi connectivity index (χ3n) is 5.02. The van der Waals surface area contributed by atoms with Gasteiger partial charge in [0.2, 0.25) is 11.8 Å². The van der Waals surface area contributed by atoms with Crippen LogP contribution in [-0.4, -0.2) is 85.8 Å². The fourth-order valence-electron chi connectivity index (χ4n) is 3.62. The molecule has 7 nitrogen and oxygen atoms in total. The van der Waals surface area contributed by atoms with Crippen LogP contribution >= 0.6 is 0 Å². The predicted octanol–water partition coefficient (Wildman–Crippen LogP) is 1.67. The quantitative estimate of drug-likeness (QED) is 0.712. The first kappa shape index (κ1) is 19.8. The van der Waals surface area contributed by atoms with Gasteiger partial charge in [-0.25, -0.2) is 8.78 Å². The molecule has 3 rings (SSSR count). The molecule has 0 bridgehead atoms. The number of methoxy groups -OCH3 is 2. The Balaban J connectivity index is 1.64. The van der Waals surface area contributed by atoms with Gasteiger partial charge in [-0.1, -0.05) is 0 Å². The van der Waals surface area contributed by atoms with Gasteiger partial charge in [0.25, 0.3) is 11.8 Å². The van der Waals surface area contributed by atoms with E-state index in [2.05, 4.69) is 4.98 Å². The standard InChI is InChI=1S/C18H25F2N3O4/c1-4-27-10-12-7-18(19,20)11-23(12)13-8-22(9-13)17(24)14-5-6-15(25-2)21-16(14)26-3/h5-6,12-13H,4,7-11H2,1-3H3/t12-/m0/s1. The number of amides is 1. The fraction of sp³-hybridized carbons (Fsp3) is 0.667. The van der Waals surface area contributed by atoms with E-state index in [0.717, 1.165) is 0 Å². The summed E-state index contributed by atoms with van der Waals surface area (Å²) in [7, 11) is 2.91. The minimum Gasteiger partial charge on any atom is -0.481 e. The van der Waals surface area contributed by atoms with Gasteiger partial charge in [0.15, 0.2) is 0 Å². The maximum atomic E-state index is 13.9. The second-order valence-electron chi connectivity index (χ2n) is 6.82. The van der Waals surface area contributed by atoms with Crippen molar-refractivity contribution >= 4 is 5.91 Å². The van der Waals surface area contributed by atoms with E-state index in [1.165, 1.54) is 14.2 Å². The van der Waals surface area contributed by atoms with Gasteiger partial charge in [-0.2, -0.15) is 4.98 Å². The first-order valence-electron chi connectivity index (χ1n) is 8.98. The van der Waals surface area contributed by atoms with E-state index in [9.17, 15) is 13.6 Å². The third-order valence-corrected chi connectivity index (χ3v) is 5.02. The van der Waals surface area contributed by atoms with E-state index in [4.69, 9.17) is 14.2 Å². The van der Waals surface area contributed by atoms with E-state index in [0.29, 0.717) is 31.1 Å². The predicted molar refractivity (Wildman–Crippen MR) is 93.6 cm³/mol. The Hall–Kier alpha value is -2.00. The summed E-state index contributed by atoms with van der Waals surface area (Å²) in [6, 6.07) is 2.78. The van der Waals surface area contributed by atoms with E-state index in [-0.39, 0.29) is 43.4 Å². The molecule has 9 heteroatoms. The highest BCUT2D eigenvalue weighted by Gasteiger charge is 2.50. The number of rotatable bonds is 7. The maximum Gasteiger partial charge on any atom is 0.262 e. The molecule has 1 amide bonds. The summed E-state index contributed by atoms with van der Waals surface area (Å²) in [6.45, 7) is 3.13. The van der Waals surface area contributed by atoms with E-state index < -0.39 is 5.92 Å². The summed E-state index contributed by atoms with van der Waals surface area (Å²) in [5, 5.41) is 0. The molecule has 0 radical (unpaired) electrons. The van der Waals surface area contributed by atoms with Crippen molar-refractivity contribution in [2.45, 2.75) is 31.4 Å². The van der Waals surface area contributed by atoms with E-state index >= 15 is 0 Å². The monoisotopic (exact) mass is 385 g/mol. The van der Waals surface area contributed by atoms with Crippen molar-refractivity contribution in [3.8, 4) is 11.8 Å².